The van der Waals surface area contributed by atoms with Crippen molar-refractivity contribution < 1.29 is 23.7 Å². The molecule has 1 heterocycles. The van der Waals surface area contributed by atoms with E-state index in [1.807, 2.05) is 18.2 Å². The Morgan fingerprint density at radius 3 is 2.53 bits per heavy atom. The highest BCUT2D eigenvalue weighted by molar-refractivity contribution is 6.30. The van der Waals surface area contributed by atoms with Crippen molar-refractivity contribution >= 4 is 17.3 Å². The molecule has 0 unspecified atom stereocenters. The van der Waals surface area contributed by atoms with Crippen LogP contribution in [0.4, 0.5) is 14.5 Å². The van der Waals surface area contributed by atoms with E-state index in [1.165, 1.54) is 6.07 Å². The first-order valence-electron chi connectivity index (χ1n) is 11.5. The molecule has 0 aromatic heterocycles. The lowest BCUT2D eigenvalue weighted by Crippen LogP contribution is -2.49. The quantitative estimate of drug-likeness (QED) is 0.463. The number of benzene rings is 3. The summed E-state index contributed by atoms with van der Waals surface area (Å²) in [4.78, 5) is 4.20. The molecule has 188 valence electrons. The molecule has 0 bridgehead atoms. The van der Waals surface area contributed by atoms with E-state index in [9.17, 15) is 19.1 Å². The number of hydrogen-bond donors (Lipinski definition) is 2. The van der Waals surface area contributed by atoms with Crippen LogP contribution in [-0.2, 0) is 0 Å². The molecule has 1 fully saturated rings. The Kier molecular flexibility index (Phi) is 8.39. The minimum atomic E-state index is -0.995. The Bertz CT molecular complexity index is 1240. The van der Waals surface area contributed by atoms with Crippen molar-refractivity contribution in [1.82, 2.24) is 4.90 Å². The van der Waals surface area contributed by atoms with Gasteiger partial charge in [-0.25, -0.2) is 8.78 Å². The van der Waals surface area contributed by atoms with E-state index in [4.69, 9.17) is 21.4 Å². The number of rotatable bonds is 8. The van der Waals surface area contributed by atoms with Gasteiger partial charge in [-0.1, -0.05) is 29.8 Å². The predicted molar refractivity (Wildman–Crippen MR) is 133 cm³/mol. The molecule has 4 rings (SSSR count). The van der Waals surface area contributed by atoms with Crippen molar-refractivity contribution in [2.45, 2.75) is 12.1 Å². The van der Waals surface area contributed by atoms with Gasteiger partial charge in [-0.3, -0.25) is 4.90 Å². The van der Waals surface area contributed by atoms with E-state index in [0.29, 0.717) is 41.5 Å². The number of halogens is 3. The molecule has 3 aromatic carbocycles. The molecule has 1 saturated heterocycles. The zero-order chi connectivity index (χ0) is 25.7. The van der Waals surface area contributed by atoms with E-state index in [2.05, 4.69) is 15.9 Å². The molecule has 6 nitrogen and oxygen atoms in total. The van der Waals surface area contributed by atoms with Crippen LogP contribution >= 0.6 is 11.6 Å². The summed E-state index contributed by atoms with van der Waals surface area (Å²) in [5.74, 6) is -1.45. The van der Waals surface area contributed by atoms with Crippen LogP contribution in [0.15, 0.2) is 60.7 Å². The molecule has 36 heavy (non-hydrogen) atoms. The second-order valence-electron chi connectivity index (χ2n) is 8.57. The summed E-state index contributed by atoms with van der Waals surface area (Å²) in [5.41, 5.74) is 2.48. The fourth-order valence-corrected chi connectivity index (χ4v) is 4.57. The van der Waals surface area contributed by atoms with Crippen LogP contribution in [0.3, 0.4) is 0 Å². The molecule has 1 aliphatic heterocycles. The highest BCUT2D eigenvalue weighted by Crippen LogP contribution is 2.35. The van der Waals surface area contributed by atoms with Gasteiger partial charge in [0.25, 0.3) is 0 Å². The predicted octanol–water partition coefficient (Wildman–Crippen LogP) is 4.46. The van der Waals surface area contributed by atoms with Gasteiger partial charge < -0.3 is 19.8 Å². The van der Waals surface area contributed by atoms with Gasteiger partial charge in [-0.2, -0.15) is 5.26 Å². The Morgan fingerprint density at radius 1 is 1.06 bits per heavy atom. The standard InChI is InChI=1S/C27H26ClF2N3O3/c28-21-4-1-18(2-5-21)26-16-32(17-27(35)19-3-7-23(29)24(30)14-19)9-10-33(26)25-8-6-22(36-12-11-34)13-20(25)15-31/h1-8,13-14,26-27,34-35H,9-12,16-17H2/t26-,27+/m0/s1. The summed E-state index contributed by atoms with van der Waals surface area (Å²) in [6, 6.07) is 18.2. The van der Waals surface area contributed by atoms with E-state index in [-0.39, 0.29) is 25.8 Å². The lowest BCUT2D eigenvalue weighted by Gasteiger charge is -2.44. The van der Waals surface area contributed by atoms with Gasteiger partial charge in [-0.15, -0.1) is 0 Å². The Morgan fingerprint density at radius 2 is 1.83 bits per heavy atom. The average molecular weight is 514 g/mol. The first kappa shape index (κ1) is 25.9. The Labute approximate surface area is 213 Å². The number of hydrogen-bond acceptors (Lipinski definition) is 6. The maximum atomic E-state index is 13.7. The summed E-state index contributed by atoms with van der Waals surface area (Å²) in [6.45, 7) is 1.91. The van der Waals surface area contributed by atoms with Crippen LogP contribution in [-0.4, -0.2) is 54.5 Å². The van der Waals surface area contributed by atoms with Gasteiger partial charge >= 0.3 is 0 Å². The van der Waals surface area contributed by atoms with E-state index in [1.54, 1.807) is 24.3 Å². The van der Waals surface area contributed by atoms with E-state index >= 15 is 0 Å². The first-order chi connectivity index (χ1) is 17.4. The number of β-amino-alcohol motifs (C(OH)–C–C–N with tert-alkyl or cyclic N) is 1. The summed E-state index contributed by atoms with van der Waals surface area (Å²) in [5, 5.41) is 30.2. The molecule has 0 amide bonds. The number of ether oxygens (including phenoxy) is 1. The van der Waals surface area contributed by atoms with Gasteiger partial charge in [0.1, 0.15) is 18.4 Å². The van der Waals surface area contributed by atoms with Gasteiger partial charge in [0.15, 0.2) is 11.6 Å². The van der Waals surface area contributed by atoms with E-state index < -0.39 is 17.7 Å². The number of nitriles is 1. The van der Waals surface area contributed by atoms with Crippen molar-refractivity contribution in [1.29, 1.82) is 5.26 Å². The Hall–Kier alpha value is -3.22. The monoisotopic (exact) mass is 513 g/mol. The molecule has 9 heteroatoms. The highest BCUT2D eigenvalue weighted by Gasteiger charge is 2.31. The van der Waals surface area contributed by atoms with Crippen LogP contribution < -0.4 is 9.64 Å². The highest BCUT2D eigenvalue weighted by atomic mass is 35.5. The molecular weight excluding hydrogens is 488 g/mol. The van der Waals surface area contributed by atoms with Crippen molar-refractivity contribution in [2.24, 2.45) is 0 Å². The minimum absolute atomic E-state index is 0.124. The number of nitrogens with zero attached hydrogens (tertiary/aromatic N) is 3. The molecule has 0 radical (unpaired) electrons. The topological polar surface area (TPSA) is 80.0 Å². The smallest absolute Gasteiger partial charge is 0.159 e. The second kappa shape index (κ2) is 11.7. The normalized spacial score (nSPS) is 17.0. The fraction of sp³-hybridized carbons (Fsp3) is 0.296. The number of aliphatic hydroxyl groups is 2. The maximum absolute atomic E-state index is 13.7. The fourth-order valence-electron chi connectivity index (χ4n) is 4.44. The van der Waals surface area contributed by atoms with Crippen LogP contribution in [0.1, 0.15) is 28.8 Å². The number of piperazine rings is 1. The average Bonchev–Trinajstić information content (AvgIpc) is 2.89. The number of aliphatic hydroxyl groups excluding tert-OH is 2. The van der Waals surface area contributed by atoms with Gasteiger partial charge in [0, 0.05) is 31.2 Å². The third-order valence-corrected chi connectivity index (χ3v) is 6.49. The molecule has 0 saturated carbocycles. The molecule has 2 atom stereocenters. The third kappa shape index (κ3) is 5.94. The molecule has 0 aliphatic carbocycles. The van der Waals surface area contributed by atoms with Crippen LogP contribution in [0.25, 0.3) is 0 Å². The molecule has 2 N–H and O–H groups in total. The summed E-state index contributed by atoms with van der Waals surface area (Å²) >= 11 is 6.11. The molecule has 0 spiro atoms. The molecular formula is C27H26ClF2N3O3. The first-order valence-corrected chi connectivity index (χ1v) is 11.9. The second-order valence-corrected chi connectivity index (χ2v) is 9.01. The largest absolute Gasteiger partial charge is 0.491 e. The van der Waals surface area contributed by atoms with Gasteiger partial charge in [0.05, 0.1) is 30.0 Å². The van der Waals surface area contributed by atoms with Crippen molar-refractivity contribution in [3.63, 3.8) is 0 Å². The zero-order valence-electron chi connectivity index (χ0n) is 19.4. The summed E-state index contributed by atoms with van der Waals surface area (Å²) < 4.78 is 32.5. The Balaban J connectivity index is 1.59. The SMILES string of the molecule is N#Cc1cc(OCCO)ccc1N1CCN(C[C@@H](O)c2ccc(F)c(F)c2)C[C@H]1c1ccc(Cl)cc1. The van der Waals surface area contributed by atoms with E-state index in [0.717, 1.165) is 23.4 Å². The van der Waals surface area contributed by atoms with Crippen molar-refractivity contribution in [2.75, 3.05) is 44.3 Å². The minimum Gasteiger partial charge on any atom is -0.491 e. The van der Waals surface area contributed by atoms with Crippen LogP contribution in [0, 0.1) is 23.0 Å². The third-order valence-electron chi connectivity index (χ3n) is 6.24. The number of anilines is 1. The van der Waals surface area contributed by atoms with Gasteiger partial charge in [0.2, 0.25) is 0 Å². The van der Waals surface area contributed by atoms with Crippen molar-refractivity contribution in [3.8, 4) is 11.8 Å². The van der Waals surface area contributed by atoms with Gasteiger partial charge in [-0.05, 0) is 53.6 Å². The van der Waals surface area contributed by atoms with Crippen molar-refractivity contribution in [3.05, 3.63) is 94.0 Å². The van der Waals surface area contributed by atoms with Crippen LogP contribution in [0.5, 0.6) is 5.75 Å². The molecule has 3 aromatic rings. The lowest BCUT2D eigenvalue weighted by atomic mass is 9.99. The summed E-state index contributed by atoms with van der Waals surface area (Å²) in [6.07, 6.45) is -0.991. The maximum Gasteiger partial charge on any atom is 0.159 e. The molecule has 1 aliphatic rings. The lowest BCUT2D eigenvalue weighted by molar-refractivity contribution is 0.100. The summed E-state index contributed by atoms with van der Waals surface area (Å²) in [7, 11) is 0. The van der Waals surface area contributed by atoms with Crippen LogP contribution in [0.2, 0.25) is 5.02 Å². The zero-order valence-corrected chi connectivity index (χ0v) is 20.2.